The first-order valence-corrected chi connectivity index (χ1v) is 8.88. The molecule has 0 spiro atoms. The molecule has 120 valence electrons. The second-order valence-corrected chi connectivity index (χ2v) is 7.66. The standard InChI is InChI=1S/C16H28N2O2S/c1-10(2)17-8-9-18-21(19,20)16-14(6)12(4)11(3)13(5)15(16)7/h10,17-18H,8-9H2,1-7H3. The van der Waals surface area contributed by atoms with Crippen LogP contribution in [0.1, 0.15) is 41.7 Å². The van der Waals surface area contributed by atoms with Gasteiger partial charge in [-0.1, -0.05) is 13.8 Å². The van der Waals surface area contributed by atoms with Crippen molar-refractivity contribution in [3.8, 4) is 0 Å². The van der Waals surface area contributed by atoms with Crippen LogP contribution in [0.4, 0.5) is 0 Å². The second kappa shape index (κ2) is 6.90. The lowest BCUT2D eigenvalue weighted by Crippen LogP contribution is -2.35. The average Bonchev–Trinajstić information content (AvgIpc) is 2.39. The maximum absolute atomic E-state index is 12.6. The third kappa shape index (κ3) is 4.05. The van der Waals surface area contributed by atoms with Gasteiger partial charge in [-0.2, -0.15) is 0 Å². The number of benzene rings is 1. The van der Waals surface area contributed by atoms with Crippen molar-refractivity contribution in [2.75, 3.05) is 13.1 Å². The minimum Gasteiger partial charge on any atom is -0.313 e. The number of nitrogens with one attached hydrogen (secondary N) is 2. The largest absolute Gasteiger partial charge is 0.313 e. The monoisotopic (exact) mass is 312 g/mol. The van der Waals surface area contributed by atoms with Crippen molar-refractivity contribution in [3.05, 3.63) is 27.8 Å². The van der Waals surface area contributed by atoms with Crippen LogP contribution in [-0.2, 0) is 10.0 Å². The Balaban J connectivity index is 3.10. The molecule has 0 atom stereocenters. The molecule has 0 bridgehead atoms. The number of hydrogen-bond donors (Lipinski definition) is 2. The maximum atomic E-state index is 12.6. The van der Waals surface area contributed by atoms with Gasteiger partial charge >= 0.3 is 0 Å². The van der Waals surface area contributed by atoms with Crippen molar-refractivity contribution in [1.29, 1.82) is 0 Å². The van der Waals surface area contributed by atoms with Crippen LogP contribution in [0.15, 0.2) is 4.90 Å². The fourth-order valence-corrected chi connectivity index (χ4v) is 4.11. The van der Waals surface area contributed by atoms with Crippen LogP contribution in [-0.4, -0.2) is 27.5 Å². The highest BCUT2D eigenvalue weighted by molar-refractivity contribution is 7.89. The van der Waals surface area contributed by atoms with Crippen molar-refractivity contribution in [2.45, 2.75) is 59.4 Å². The zero-order chi connectivity index (χ0) is 16.4. The predicted octanol–water partition coefficient (Wildman–Crippen LogP) is 2.51. The summed E-state index contributed by atoms with van der Waals surface area (Å²) in [5.41, 5.74) is 4.97. The Bertz CT molecular complexity index is 591. The molecular weight excluding hydrogens is 284 g/mol. The van der Waals surface area contributed by atoms with E-state index in [0.29, 0.717) is 24.0 Å². The Kier molecular flexibility index (Phi) is 5.96. The summed E-state index contributed by atoms with van der Waals surface area (Å²) < 4.78 is 27.9. The highest BCUT2D eigenvalue weighted by Crippen LogP contribution is 2.29. The minimum atomic E-state index is -3.47. The minimum absolute atomic E-state index is 0.349. The van der Waals surface area contributed by atoms with E-state index in [-0.39, 0.29) is 0 Å². The van der Waals surface area contributed by atoms with Gasteiger partial charge in [-0.25, -0.2) is 13.1 Å². The predicted molar refractivity (Wildman–Crippen MR) is 88.5 cm³/mol. The van der Waals surface area contributed by atoms with Crippen LogP contribution in [0, 0.1) is 34.6 Å². The molecule has 0 aliphatic heterocycles. The van der Waals surface area contributed by atoms with Gasteiger partial charge in [0.05, 0.1) is 4.90 Å². The summed E-state index contributed by atoms with van der Waals surface area (Å²) in [5.74, 6) is 0. The van der Waals surface area contributed by atoms with Crippen LogP contribution < -0.4 is 10.0 Å². The Morgan fingerprint density at radius 2 is 1.24 bits per heavy atom. The van der Waals surface area contributed by atoms with Crippen LogP contribution in [0.2, 0.25) is 0 Å². The van der Waals surface area contributed by atoms with Gasteiger partial charge in [0, 0.05) is 19.1 Å². The number of hydrogen-bond acceptors (Lipinski definition) is 3. The van der Waals surface area contributed by atoms with Gasteiger partial charge in [0.2, 0.25) is 10.0 Å². The van der Waals surface area contributed by atoms with E-state index < -0.39 is 10.0 Å². The Morgan fingerprint density at radius 1 is 0.810 bits per heavy atom. The Morgan fingerprint density at radius 3 is 1.67 bits per heavy atom. The van der Waals surface area contributed by atoms with Gasteiger partial charge in [-0.05, 0) is 62.4 Å². The summed E-state index contributed by atoms with van der Waals surface area (Å²) in [4.78, 5) is 0.438. The molecule has 4 nitrogen and oxygen atoms in total. The average molecular weight is 312 g/mol. The molecule has 21 heavy (non-hydrogen) atoms. The molecule has 0 radical (unpaired) electrons. The molecule has 0 aliphatic rings. The van der Waals surface area contributed by atoms with Gasteiger partial charge in [0.15, 0.2) is 0 Å². The van der Waals surface area contributed by atoms with Crippen molar-refractivity contribution in [2.24, 2.45) is 0 Å². The van der Waals surface area contributed by atoms with E-state index in [1.807, 2.05) is 48.5 Å². The first-order chi connectivity index (χ1) is 9.59. The zero-order valence-corrected chi connectivity index (χ0v) is 15.0. The molecule has 2 N–H and O–H groups in total. The van der Waals surface area contributed by atoms with Crippen molar-refractivity contribution in [3.63, 3.8) is 0 Å². The molecule has 0 aromatic heterocycles. The third-order valence-electron chi connectivity index (χ3n) is 4.17. The van der Waals surface area contributed by atoms with Crippen molar-refractivity contribution < 1.29 is 8.42 Å². The number of sulfonamides is 1. The van der Waals surface area contributed by atoms with E-state index in [1.54, 1.807) is 0 Å². The van der Waals surface area contributed by atoms with Crippen LogP contribution in [0.3, 0.4) is 0 Å². The normalized spacial score (nSPS) is 12.2. The lowest BCUT2D eigenvalue weighted by molar-refractivity contribution is 0.558. The maximum Gasteiger partial charge on any atom is 0.241 e. The number of rotatable bonds is 6. The molecule has 1 aromatic rings. The van der Waals surface area contributed by atoms with Gasteiger partial charge in [-0.15, -0.1) is 0 Å². The molecule has 0 saturated heterocycles. The van der Waals surface area contributed by atoms with Crippen LogP contribution >= 0.6 is 0 Å². The molecule has 5 heteroatoms. The van der Waals surface area contributed by atoms with E-state index >= 15 is 0 Å². The van der Waals surface area contributed by atoms with E-state index in [4.69, 9.17) is 0 Å². The summed E-state index contributed by atoms with van der Waals surface area (Å²) in [6.45, 7) is 14.9. The van der Waals surface area contributed by atoms with Gasteiger partial charge < -0.3 is 5.32 Å². The molecule has 0 heterocycles. The summed E-state index contributed by atoms with van der Waals surface area (Å²) in [6, 6.07) is 0.349. The van der Waals surface area contributed by atoms with E-state index in [0.717, 1.165) is 22.3 Å². The summed E-state index contributed by atoms with van der Waals surface area (Å²) in [6.07, 6.45) is 0. The van der Waals surface area contributed by atoms with Crippen molar-refractivity contribution >= 4 is 10.0 Å². The lowest BCUT2D eigenvalue weighted by atomic mass is 9.95. The molecule has 0 amide bonds. The molecule has 1 rings (SSSR count). The van der Waals surface area contributed by atoms with Gasteiger partial charge in [0.1, 0.15) is 0 Å². The topological polar surface area (TPSA) is 58.2 Å². The molecule has 0 fully saturated rings. The second-order valence-electron chi connectivity index (χ2n) is 5.96. The smallest absolute Gasteiger partial charge is 0.241 e. The van der Waals surface area contributed by atoms with Crippen LogP contribution in [0.25, 0.3) is 0 Å². The molecule has 0 aliphatic carbocycles. The summed E-state index contributed by atoms with van der Waals surface area (Å²) in [5, 5.41) is 3.20. The first kappa shape index (κ1) is 18.1. The molecule has 1 aromatic carbocycles. The lowest BCUT2D eigenvalue weighted by Gasteiger charge is -2.19. The fourth-order valence-electron chi connectivity index (χ4n) is 2.49. The SMILES string of the molecule is Cc1c(C)c(C)c(S(=O)(=O)NCCNC(C)C)c(C)c1C. The van der Waals surface area contributed by atoms with E-state index in [9.17, 15) is 8.42 Å². The Labute approximate surface area is 129 Å². The first-order valence-electron chi connectivity index (χ1n) is 7.39. The summed E-state index contributed by atoms with van der Waals surface area (Å²) >= 11 is 0. The van der Waals surface area contributed by atoms with Crippen molar-refractivity contribution in [1.82, 2.24) is 10.0 Å². The fraction of sp³-hybridized carbons (Fsp3) is 0.625. The van der Waals surface area contributed by atoms with Crippen LogP contribution in [0.5, 0.6) is 0 Å². The quantitative estimate of drug-likeness (QED) is 0.794. The highest BCUT2D eigenvalue weighted by atomic mass is 32.2. The van der Waals surface area contributed by atoms with E-state index in [1.165, 1.54) is 5.56 Å². The zero-order valence-electron chi connectivity index (χ0n) is 14.2. The Hall–Kier alpha value is -0.910. The highest BCUT2D eigenvalue weighted by Gasteiger charge is 2.23. The molecule has 0 saturated carbocycles. The summed E-state index contributed by atoms with van der Waals surface area (Å²) in [7, 11) is -3.47. The molecular formula is C16H28N2O2S. The van der Waals surface area contributed by atoms with E-state index in [2.05, 4.69) is 10.0 Å². The van der Waals surface area contributed by atoms with Gasteiger partial charge in [0.25, 0.3) is 0 Å². The third-order valence-corrected chi connectivity index (χ3v) is 5.90. The molecule has 0 unspecified atom stereocenters. The van der Waals surface area contributed by atoms with Gasteiger partial charge in [-0.3, -0.25) is 0 Å².